The van der Waals surface area contributed by atoms with Crippen molar-refractivity contribution >= 4 is 17.3 Å². The molecule has 0 aliphatic heterocycles. The summed E-state index contributed by atoms with van der Waals surface area (Å²) in [5, 5.41) is 7.21. The first-order valence-electron chi connectivity index (χ1n) is 6.04. The van der Waals surface area contributed by atoms with Crippen LogP contribution in [0.3, 0.4) is 0 Å². The Hall–Kier alpha value is -1.35. The predicted octanol–water partition coefficient (Wildman–Crippen LogP) is 2.71. The minimum absolute atomic E-state index is 0.352. The van der Waals surface area contributed by atoms with Crippen LogP contribution in [0.1, 0.15) is 30.0 Å². The molecule has 0 unspecified atom stereocenters. The summed E-state index contributed by atoms with van der Waals surface area (Å²) in [7, 11) is 0. The number of nitrogens with one attached hydrogen (secondary N) is 2. The standard InChI is InChI=1S/C14H18N2S/c1-2-10-15-14(17)16-13-9-5-7-11-6-3-4-8-12(11)13/h2-4,6,8,13H,1,5,7,9-10H2,(H2,15,16,17)/t13-/m0/s1. The topological polar surface area (TPSA) is 24.1 Å². The molecule has 0 spiro atoms. The Morgan fingerprint density at radius 2 is 2.29 bits per heavy atom. The molecule has 1 aromatic carbocycles. The van der Waals surface area contributed by atoms with Gasteiger partial charge >= 0.3 is 0 Å². The molecule has 90 valence electrons. The Bertz CT molecular complexity index is 414. The Morgan fingerprint density at radius 1 is 1.47 bits per heavy atom. The van der Waals surface area contributed by atoms with Gasteiger partial charge in [-0.05, 0) is 42.6 Å². The van der Waals surface area contributed by atoms with Gasteiger partial charge in [-0.25, -0.2) is 0 Å². The van der Waals surface area contributed by atoms with Crippen LogP contribution in [0.4, 0.5) is 0 Å². The van der Waals surface area contributed by atoms with E-state index in [9.17, 15) is 0 Å². The second-order valence-electron chi connectivity index (χ2n) is 4.29. The van der Waals surface area contributed by atoms with Gasteiger partial charge in [0, 0.05) is 6.54 Å². The number of hydrogen-bond acceptors (Lipinski definition) is 1. The third-order valence-corrected chi connectivity index (χ3v) is 3.34. The van der Waals surface area contributed by atoms with E-state index in [1.54, 1.807) is 0 Å². The minimum atomic E-state index is 0.352. The Labute approximate surface area is 108 Å². The van der Waals surface area contributed by atoms with Crippen molar-refractivity contribution in [2.45, 2.75) is 25.3 Å². The molecule has 0 amide bonds. The van der Waals surface area contributed by atoms with E-state index < -0.39 is 0 Å². The molecule has 2 nitrogen and oxygen atoms in total. The van der Waals surface area contributed by atoms with Crippen molar-refractivity contribution in [1.82, 2.24) is 10.6 Å². The summed E-state index contributed by atoms with van der Waals surface area (Å²) in [6.07, 6.45) is 5.36. The highest BCUT2D eigenvalue weighted by Gasteiger charge is 2.19. The smallest absolute Gasteiger partial charge is 0.167 e. The van der Waals surface area contributed by atoms with Crippen LogP contribution in [0, 0.1) is 0 Å². The zero-order valence-corrected chi connectivity index (χ0v) is 10.7. The summed E-state index contributed by atoms with van der Waals surface area (Å²) in [6.45, 7) is 4.37. The first-order valence-corrected chi connectivity index (χ1v) is 6.45. The summed E-state index contributed by atoms with van der Waals surface area (Å²) in [4.78, 5) is 0. The molecule has 17 heavy (non-hydrogen) atoms. The lowest BCUT2D eigenvalue weighted by Crippen LogP contribution is -2.38. The maximum atomic E-state index is 5.26. The van der Waals surface area contributed by atoms with Crippen LogP contribution >= 0.6 is 12.2 Å². The Morgan fingerprint density at radius 3 is 3.12 bits per heavy atom. The largest absolute Gasteiger partial charge is 0.359 e. The van der Waals surface area contributed by atoms with Gasteiger partial charge in [-0.3, -0.25) is 0 Å². The van der Waals surface area contributed by atoms with Gasteiger partial charge in [0.25, 0.3) is 0 Å². The zero-order chi connectivity index (χ0) is 12.1. The number of thiocarbonyl (C=S) groups is 1. The van der Waals surface area contributed by atoms with E-state index in [-0.39, 0.29) is 0 Å². The number of aryl methyl sites for hydroxylation is 1. The van der Waals surface area contributed by atoms with Gasteiger partial charge in [0.15, 0.2) is 5.11 Å². The van der Waals surface area contributed by atoms with Crippen LogP contribution in [0.2, 0.25) is 0 Å². The van der Waals surface area contributed by atoms with E-state index in [4.69, 9.17) is 12.2 Å². The highest BCUT2D eigenvalue weighted by molar-refractivity contribution is 7.80. The van der Waals surface area contributed by atoms with E-state index >= 15 is 0 Å². The summed E-state index contributed by atoms with van der Waals surface area (Å²) in [5.74, 6) is 0. The molecule has 1 aliphatic carbocycles. The predicted molar refractivity (Wildman–Crippen MR) is 76.1 cm³/mol. The maximum absolute atomic E-state index is 5.26. The van der Waals surface area contributed by atoms with E-state index in [1.165, 1.54) is 24.0 Å². The molecule has 0 bridgehead atoms. The van der Waals surface area contributed by atoms with Gasteiger partial charge in [0.05, 0.1) is 6.04 Å². The average molecular weight is 246 g/mol. The lowest BCUT2D eigenvalue weighted by Gasteiger charge is -2.27. The van der Waals surface area contributed by atoms with Crippen molar-refractivity contribution in [3.63, 3.8) is 0 Å². The monoisotopic (exact) mass is 246 g/mol. The van der Waals surface area contributed by atoms with E-state index in [0.29, 0.717) is 17.7 Å². The lowest BCUT2D eigenvalue weighted by atomic mass is 9.88. The molecular formula is C14H18N2S. The number of fused-ring (bicyclic) bond motifs is 1. The molecule has 1 atom stereocenters. The molecule has 3 heteroatoms. The lowest BCUT2D eigenvalue weighted by molar-refractivity contribution is 0.524. The summed E-state index contributed by atoms with van der Waals surface area (Å²) in [5.41, 5.74) is 2.84. The fourth-order valence-corrected chi connectivity index (χ4v) is 2.50. The van der Waals surface area contributed by atoms with Gasteiger partial charge in [0.2, 0.25) is 0 Å². The normalized spacial score (nSPS) is 18.0. The zero-order valence-electron chi connectivity index (χ0n) is 9.91. The van der Waals surface area contributed by atoms with Crippen LogP contribution < -0.4 is 10.6 Å². The van der Waals surface area contributed by atoms with Crippen molar-refractivity contribution in [2.24, 2.45) is 0 Å². The molecule has 0 fully saturated rings. The number of benzene rings is 1. The molecule has 1 aliphatic rings. The summed E-state index contributed by atoms with van der Waals surface area (Å²) >= 11 is 5.26. The van der Waals surface area contributed by atoms with Crippen LogP contribution in [0.5, 0.6) is 0 Å². The van der Waals surface area contributed by atoms with Gasteiger partial charge in [-0.1, -0.05) is 30.3 Å². The Balaban J connectivity index is 2.03. The van der Waals surface area contributed by atoms with Crippen LogP contribution in [0.25, 0.3) is 0 Å². The molecule has 0 saturated heterocycles. The molecule has 2 N–H and O–H groups in total. The highest BCUT2D eigenvalue weighted by atomic mass is 32.1. The molecule has 0 aromatic heterocycles. The van der Waals surface area contributed by atoms with Gasteiger partial charge in [-0.2, -0.15) is 0 Å². The summed E-state index contributed by atoms with van der Waals surface area (Å²) < 4.78 is 0. The van der Waals surface area contributed by atoms with Crippen LogP contribution in [-0.4, -0.2) is 11.7 Å². The molecule has 0 heterocycles. The second-order valence-corrected chi connectivity index (χ2v) is 4.69. The molecule has 0 saturated carbocycles. The summed E-state index contributed by atoms with van der Waals surface area (Å²) in [6, 6.07) is 8.96. The maximum Gasteiger partial charge on any atom is 0.167 e. The van der Waals surface area contributed by atoms with Crippen LogP contribution in [-0.2, 0) is 6.42 Å². The Kier molecular flexibility index (Phi) is 4.15. The average Bonchev–Trinajstić information content (AvgIpc) is 2.37. The number of rotatable bonds is 3. The van der Waals surface area contributed by atoms with Gasteiger partial charge < -0.3 is 10.6 Å². The third-order valence-electron chi connectivity index (χ3n) is 3.08. The number of hydrogen-bond donors (Lipinski definition) is 2. The van der Waals surface area contributed by atoms with Crippen molar-refractivity contribution in [2.75, 3.05) is 6.54 Å². The van der Waals surface area contributed by atoms with E-state index in [2.05, 4.69) is 41.5 Å². The SMILES string of the molecule is C=CCNC(=S)N[C@H]1CCCc2ccccc21. The van der Waals surface area contributed by atoms with E-state index in [0.717, 1.165) is 6.42 Å². The van der Waals surface area contributed by atoms with Gasteiger partial charge in [0.1, 0.15) is 0 Å². The van der Waals surface area contributed by atoms with E-state index in [1.807, 2.05) is 6.08 Å². The second kappa shape index (κ2) is 5.82. The molecule has 0 radical (unpaired) electrons. The van der Waals surface area contributed by atoms with Crippen molar-refractivity contribution in [1.29, 1.82) is 0 Å². The fourth-order valence-electron chi connectivity index (χ4n) is 2.28. The highest BCUT2D eigenvalue weighted by Crippen LogP contribution is 2.29. The molecule has 2 rings (SSSR count). The van der Waals surface area contributed by atoms with Gasteiger partial charge in [-0.15, -0.1) is 6.58 Å². The minimum Gasteiger partial charge on any atom is -0.359 e. The quantitative estimate of drug-likeness (QED) is 0.633. The molecular weight excluding hydrogens is 228 g/mol. The van der Waals surface area contributed by atoms with Crippen molar-refractivity contribution in [3.8, 4) is 0 Å². The van der Waals surface area contributed by atoms with Crippen molar-refractivity contribution in [3.05, 3.63) is 48.0 Å². The van der Waals surface area contributed by atoms with Crippen LogP contribution in [0.15, 0.2) is 36.9 Å². The first-order chi connectivity index (χ1) is 8.31. The van der Waals surface area contributed by atoms with Crippen molar-refractivity contribution < 1.29 is 0 Å². The third kappa shape index (κ3) is 3.07. The molecule has 1 aromatic rings. The first kappa shape index (κ1) is 12.1. The fraction of sp³-hybridized carbons (Fsp3) is 0.357.